The molecule has 0 radical (unpaired) electrons. The summed E-state index contributed by atoms with van der Waals surface area (Å²) in [5.41, 5.74) is 2.62. The van der Waals surface area contributed by atoms with Crippen molar-refractivity contribution < 1.29 is 14.3 Å². The molecule has 0 bridgehead atoms. The van der Waals surface area contributed by atoms with E-state index in [2.05, 4.69) is 10.4 Å². The van der Waals surface area contributed by atoms with Crippen LogP contribution >= 0.6 is 0 Å². The molecule has 4 rings (SSSR count). The summed E-state index contributed by atoms with van der Waals surface area (Å²) in [4.78, 5) is 12.9. The largest absolute Gasteiger partial charge is 0.508 e. The molecule has 0 saturated carbocycles. The van der Waals surface area contributed by atoms with E-state index in [1.165, 1.54) is 30.3 Å². The monoisotopic (exact) mass is 373 g/mol. The van der Waals surface area contributed by atoms with Crippen molar-refractivity contribution >= 4 is 11.6 Å². The number of nitrogens with zero attached hydrogens (tertiary/aromatic N) is 2. The Morgan fingerprint density at radius 1 is 0.964 bits per heavy atom. The van der Waals surface area contributed by atoms with Crippen LogP contribution in [0.4, 0.5) is 10.1 Å². The predicted molar refractivity (Wildman–Crippen MR) is 105 cm³/mol. The molecule has 0 fully saturated rings. The van der Waals surface area contributed by atoms with Gasteiger partial charge in [-0.1, -0.05) is 24.3 Å². The highest BCUT2D eigenvalue weighted by Gasteiger charge is 2.19. The maximum absolute atomic E-state index is 13.4. The highest BCUT2D eigenvalue weighted by atomic mass is 19.1. The van der Waals surface area contributed by atoms with Gasteiger partial charge in [-0.15, -0.1) is 0 Å². The van der Waals surface area contributed by atoms with E-state index in [0.717, 1.165) is 5.69 Å². The zero-order valence-corrected chi connectivity index (χ0v) is 14.7. The molecule has 4 aromatic rings. The number of hydrogen-bond acceptors (Lipinski definition) is 3. The molecule has 3 aromatic carbocycles. The third-order valence-electron chi connectivity index (χ3n) is 4.20. The summed E-state index contributed by atoms with van der Waals surface area (Å²) in [7, 11) is 0. The molecule has 138 valence electrons. The number of hydrogen-bond donors (Lipinski definition) is 2. The van der Waals surface area contributed by atoms with Crippen molar-refractivity contribution in [3.05, 3.63) is 96.4 Å². The normalized spacial score (nSPS) is 10.6. The first-order valence-electron chi connectivity index (χ1n) is 8.61. The van der Waals surface area contributed by atoms with Crippen LogP contribution in [0.25, 0.3) is 16.9 Å². The lowest BCUT2D eigenvalue weighted by molar-refractivity contribution is 0.102. The number of nitrogens with one attached hydrogen (secondary N) is 1. The molecule has 0 unspecified atom stereocenters. The Bertz CT molecular complexity index is 1120. The minimum absolute atomic E-state index is 0.122. The number of para-hydroxylation sites is 1. The highest BCUT2D eigenvalue weighted by Crippen LogP contribution is 2.26. The van der Waals surface area contributed by atoms with E-state index in [9.17, 15) is 14.3 Å². The molecule has 0 aliphatic heterocycles. The Balaban J connectivity index is 1.76. The van der Waals surface area contributed by atoms with E-state index in [-0.39, 0.29) is 5.75 Å². The smallest absolute Gasteiger partial charge is 0.259 e. The van der Waals surface area contributed by atoms with Gasteiger partial charge in [0.1, 0.15) is 17.3 Å². The van der Waals surface area contributed by atoms with E-state index in [1.807, 2.05) is 30.3 Å². The van der Waals surface area contributed by atoms with Gasteiger partial charge in [0.15, 0.2) is 0 Å². The summed E-state index contributed by atoms with van der Waals surface area (Å²) >= 11 is 0. The van der Waals surface area contributed by atoms with Crippen molar-refractivity contribution in [3.63, 3.8) is 0 Å². The van der Waals surface area contributed by atoms with E-state index >= 15 is 0 Å². The van der Waals surface area contributed by atoms with Crippen LogP contribution < -0.4 is 5.32 Å². The molecule has 1 aromatic heterocycles. The number of carbonyl (C=O) groups is 1. The van der Waals surface area contributed by atoms with Crippen molar-refractivity contribution in [2.24, 2.45) is 0 Å². The summed E-state index contributed by atoms with van der Waals surface area (Å²) in [6.45, 7) is 0. The van der Waals surface area contributed by atoms with Gasteiger partial charge in [0.05, 0.1) is 11.3 Å². The van der Waals surface area contributed by atoms with Gasteiger partial charge in [-0.25, -0.2) is 9.07 Å². The fraction of sp³-hybridized carbons (Fsp3) is 0. The van der Waals surface area contributed by atoms with Crippen LogP contribution in [0.2, 0.25) is 0 Å². The van der Waals surface area contributed by atoms with Gasteiger partial charge in [0, 0.05) is 17.4 Å². The number of aromatic nitrogens is 2. The van der Waals surface area contributed by atoms with Gasteiger partial charge in [0.25, 0.3) is 5.91 Å². The maximum Gasteiger partial charge on any atom is 0.259 e. The third kappa shape index (κ3) is 3.61. The van der Waals surface area contributed by atoms with Gasteiger partial charge in [0.2, 0.25) is 0 Å². The second-order valence-corrected chi connectivity index (χ2v) is 6.18. The number of halogens is 1. The van der Waals surface area contributed by atoms with Crippen LogP contribution in [-0.2, 0) is 0 Å². The lowest BCUT2D eigenvalue weighted by Gasteiger charge is -2.05. The lowest BCUT2D eigenvalue weighted by Crippen LogP contribution is -2.12. The molecule has 0 aliphatic rings. The maximum atomic E-state index is 13.4. The Labute approximate surface area is 160 Å². The molecule has 0 spiro atoms. The van der Waals surface area contributed by atoms with Crippen LogP contribution in [0.1, 0.15) is 10.4 Å². The van der Waals surface area contributed by atoms with Crippen LogP contribution in [0.15, 0.2) is 85.1 Å². The summed E-state index contributed by atoms with van der Waals surface area (Å²) < 4.78 is 15.0. The number of rotatable bonds is 4. The second-order valence-electron chi connectivity index (χ2n) is 6.18. The number of aromatic hydroxyl groups is 1. The minimum atomic E-state index is -0.434. The van der Waals surface area contributed by atoms with E-state index in [4.69, 9.17) is 0 Å². The van der Waals surface area contributed by atoms with Crippen molar-refractivity contribution in [2.75, 3.05) is 5.32 Å². The molecule has 1 heterocycles. The molecule has 2 N–H and O–H groups in total. The SMILES string of the molecule is O=C(Nc1cccc(F)c1)c1cn(-c2ccccc2)nc1-c1ccc(O)cc1. The molecule has 1 amide bonds. The number of carbonyl (C=O) groups excluding carboxylic acids is 1. The fourth-order valence-corrected chi connectivity index (χ4v) is 2.85. The van der Waals surface area contributed by atoms with Gasteiger partial charge in [-0.2, -0.15) is 5.10 Å². The van der Waals surface area contributed by atoms with Crippen LogP contribution in [0, 0.1) is 5.82 Å². The Morgan fingerprint density at radius 3 is 2.43 bits per heavy atom. The Morgan fingerprint density at radius 2 is 1.71 bits per heavy atom. The quantitative estimate of drug-likeness (QED) is 0.548. The zero-order chi connectivity index (χ0) is 19.5. The van der Waals surface area contributed by atoms with Crippen molar-refractivity contribution in [1.29, 1.82) is 0 Å². The number of amides is 1. The van der Waals surface area contributed by atoms with Gasteiger partial charge in [-0.05, 0) is 54.6 Å². The minimum Gasteiger partial charge on any atom is -0.508 e. The molecule has 0 saturated heterocycles. The first-order valence-corrected chi connectivity index (χ1v) is 8.61. The third-order valence-corrected chi connectivity index (χ3v) is 4.20. The number of phenols is 1. The van der Waals surface area contributed by atoms with Crippen LogP contribution in [-0.4, -0.2) is 20.8 Å². The standard InChI is InChI=1S/C22H16FN3O2/c23-16-5-4-6-17(13-16)24-22(28)20-14-26(18-7-2-1-3-8-18)25-21(20)15-9-11-19(27)12-10-15/h1-14,27H,(H,24,28). The molecular formula is C22H16FN3O2. The summed E-state index contributed by atoms with van der Waals surface area (Å²) in [5, 5.41) is 16.8. The van der Waals surface area contributed by atoms with E-state index < -0.39 is 11.7 Å². The first kappa shape index (κ1) is 17.5. The lowest BCUT2D eigenvalue weighted by atomic mass is 10.1. The average Bonchev–Trinajstić information content (AvgIpc) is 3.15. The predicted octanol–water partition coefficient (Wildman–Crippen LogP) is 4.64. The van der Waals surface area contributed by atoms with Crippen LogP contribution in [0.3, 0.4) is 0 Å². The Hall–Kier alpha value is -3.93. The number of benzene rings is 3. The molecule has 6 heteroatoms. The summed E-state index contributed by atoms with van der Waals surface area (Å²) in [5.74, 6) is -0.718. The molecular weight excluding hydrogens is 357 g/mol. The number of anilines is 1. The Kier molecular flexibility index (Phi) is 4.60. The van der Waals surface area contributed by atoms with E-state index in [1.54, 1.807) is 29.1 Å². The fourth-order valence-electron chi connectivity index (χ4n) is 2.85. The van der Waals surface area contributed by atoms with E-state index in [0.29, 0.717) is 22.5 Å². The highest BCUT2D eigenvalue weighted by molar-refractivity contribution is 6.08. The number of phenolic OH excluding ortho intramolecular Hbond substituents is 1. The molecule has 5 nitrogen and oxygen atoms in total. The van der Waals surface area contributed by atoms with Gasteiger partial charge in [-0.3, -0.25) is 4.79 Å². The average molecular weight is 373 g/mol. The summed E-state index contributed by atoms with van der Waals surface area (Å²) in [6, 6.07) is 21.5. The van der Waals surface area contributed by atoms with Gasteiger partial charge >= 0.3 is 0 Å². The second kappa shape index (κ2) is 7.36. The molecule has 0 atom stereocenters. The molecule has 0 aliphatic carbocycles. The van der Waals surface area contributed by atoms with Crippen LogP contribution in [0.5, 0.6) is 5.75 Å². The topological polar surface area (TPSA) is 67.2 Å². The van der Waals surface area contributed by atoms with Crippen molar-refractivity contribution in [3.8, 4) is 22.7 Å². The zero-order valence-electron chi connectivity index (χ0n) is 14.7. The van der Waals surface area contributed by atoms with Gasteiger partial charge < -0.3 is 10.4 Å². The van der Waals surface area contributed by atoms with Crippen molar-refractivity contribution in [1.82, 2.24) is 9.78 Å². The molecule has 28 heavy (non-hydrogen) atoms. The van der Waals surface area contributed by atoms with Crippen molar-refractivity contribution in [2.45, 2.75) is 0 Å². The first-order chi connectivity index (χ1) is 13.6. The summed E-state index contributed by atoms with van der Waals surface area (Å²) in [6.07, 6.45) is 1.63.